The van der Waals surface area contributed by atoms with Gasteiger partial charge < -0.3 is 5.32 Å². The molecule has 0 aliphatic rings. The van der Waals surface area contributed by atoms with Gasteiger partial charge in [0.2, 0.25) is 0 Å². The van der Waals surface area contributed by atoms with Crippen LogP contribution in [0.25, 0.3) is 0 Å². The molecule has 0 atom stereocenters. The van der Waals surface area contributed by atoms with E-state index in [4.69, 9.17) is 0 Å². The van der Waals surface area contributed by atoms with Crippen molar-refractivity contribution in [1.29, 1.82) is 0 Å². The number of benzene rings is 2. The van der Waals surface area contributed by atoms with Crippen molar-refractivity contribution in [2.45, 2.75) is 16.9 Å². The van der Waals surface area contributed by atoms with Crippen LogP contribution in [0.5, 0.6) is 0 Å². The van der Waals surface area contributed by atoms with Gasteiger partial charge in [-0.2, -0.15) is 13.2 Å². The van der Waals surface area contributed by atoms with Crippen LogP contribution in [0.1, 0.15) is 5.56 Å². The summed E-state index contributed by atoms with van der Waals surface area (Å²) in [6, 6.07) is 9.94. The molecule has 0 saturated carbocycles. The number of nitrogens with one attached hydrogen (secondary N) is 1. The van der Waals surface area contributed by atoms with Gasteiger partial charge >= 0.3 is 5.51 Å². The zero-order chi connectivity index (χ0) is 16.4. The van der Waals surface area contributed by atoms with Crippen molar-refractivity contribution in [2.24, 2.45) is 0 Å². The van der Waals surface area contributed by atoms with E-state index in [-0.39, 0.29) is 5.82 Å². The molecule has 0 aliphatic carbocycles. The third kappa shape index (κ3) is 3.56. The zero-order valence-corrected chi connectivity index (χ0v) is 11.9. The molecule has 0 fully saturated rings. The van der Waals surface area contributed by atoms with Crippen LogP contribution >= 0.6 is 0 Å². The van der Waals surface area contributed by atoms with Crippen LogP contribution in [0.3, 0.4) is 0 Å². The first-order chi connectivity index (χ1) is 10.2. The minimum atomic E-state index is -5.33. The Hall–Kier alpha value is -2.09. The molecular formula is C14H11F4NO2S. The number of hydrogen-bond acceptors (Lipinski definition) is 3. The number of sulfone groups is 1. The minimum Gasteiger partial charge on any atom is -0.381 e. The number of hydrogen-bond donors (Lipinski definition) is 1. The van der Waals surface area contributed by atoms with Crippen molar-refractivity contribution in [3.05, 3.63) is 59.9 Å². The van der Waals surface area contributed by atoms with E-state index >= 15 is 0 Å². The number of anilines is 1. The summed E-state index contributed by atoms with van der Waals surface area (Å²) in [6.07, 6.45) is 0. The quantitative estimate of drug-likeness (QED) is 0.867. The lowest BCUT2D eigenvalue weighted by Crippen LogP contribution is -2.23. The van der Waals surface area contributed by atoms with Crippen LogP contribution in [-0.4, -0.2) is 13.9 Å². The van der Waals surface area contributed by atoms with Crippen LogP contribution in [0, 0.1) is 5.82 Å². The van der Waals surface area contributed by atoms with Crippen molar-refractivity contribution < 1.29 is 26.0 Å². The molecule has 0 saturated heterocycles. The molecule has 3 nitrogen and oxygen atoms in total. The number of rotatable bonds is 4. The van der Waals surface area contributed by atoms with E-state index in [0.29, 0.717) is 12.2 Å². The van der Waals surface area contributed by atoms with E-state index in [1.54, 1.807) is 12.1 Å². The standard InChI is InChI=1S/C14H11F4NO2S/c15-11-3-1-10(2-4-11)9-19-12-5-7-13(8-6-12)22(20,21)14(16,17)18/h1-8,19H,9H2. The summed E-state index contributed by atoms with van der Waals surface area (Å²) < 4.78 is 72.3. The first-order valence-electron chi connectivity index (χ1n) is 6.10. The minimum absolute atomic E-state index is 0.325. The maximum Gasteiger partial charge on any atom is 0.501 e. The van der Waals surface area contributed by atoms with Crippen molar-refractivity contribution in [2.75, 3.05) is 5.32 Å². The highest BCUT2D eigenvalue weighted by Gasteiger charge is 2.46. The SMILES string of the molecule is O=S(=O)(c1ccc(NCc2ccc(F)cc2)cc1)C(F)(F)F. The normalized spacial score (nSPS) is 12.2. The first kappa shape index (κ1) is 16.3. The second-order valence-electron chi connectivity index (χ2n) is 4.45. The molecule has 22 heavy (non-hydrogen) atoms. The Balaban J connectivity index is 2.08. The van der Waals surface area contributed by atoms with Gasteiger partial charge in [-0.1, -0.05) is 12.1 Å². The molecule has 0 spiro atoms. The third-order valence-corrected chi connectivity index (χ3v) is 4.38. The fraction of sp³-hybridized carbons (Fsp3) is 0.143. The van der Waals surface area contributed by atoms with Crippen LogP contribution in [-0.2, 0) is 16.4 Å². The highest BCUT2D eigenvalue weighted by Crippen LogP contribution is 2.30. The molecular weight excluding hydrogens is 322 g/mol. The Kier molecular flexibility index (Phi) is 4.41. The molecule has 0 unspecified atom stereocenters. The smallest absolute Gasteiger partial charge is 0.381 e. The van der Waals surface area contributed by atoms with Gasteiger partial charge in [-0.15, -0.1) is 0 Å². The largest absolute Gasteiger partial charge is 0.501 e. The average Bonchev–Trinajstić information content (AvgIpc) is 2.46. The summed E-state index contributed by atoms with van der Waals surface area (Å²) >= 11 is 0. The molecule has 1 N–H and O–H groups in total. The second-order valence-corrected chi connectivity index (χ2v) is 6.39. The third-order valence-electron chi connectivity index (χ3n) is 2.88. The molecule has 0 aliphatic heterocycles. The lowest BCUT2D eigenvalue weighted by atomic mass is 10.2. The van der Waals surface area contributed by atoms with E-state index in [9.17, 15) is 26.0 Å². The fourth-order valence-electron chi connectivity index (χ4n) is 1.69. The summed E-state index contributed by atoms with van der Waals surface area (Å²) in [4.78, 5) is -0.813. The summed E-state index contributed by atoms with van der Waals surface area (Å²) in [5, 5.41) is 2.90. The predicted molar refractivity (Wildman–Crippen MR) is 73.4 cm³/mol. The van der Waals surface area contributed by atoms with Gasteiger partial charge in [0.1, 0.15) is 5.82 Å². The van der Waals surface area contributed by atoms with Gasteiger partial charge in [0, 0.05) is 12.2 Å². The lowest BCUT2D eigenvalue weighted by Gasteiger charge is -2.10. The highest BCUT2D eigenvalue weighted by molar-refractivity contribution is 7.92. The van der Waals surface area contributed by atoms with E-state index in [0.717, 1.165) is 17.7 Å². The monoisotopic (exact) mass is 333 g/mol. The van der Waals surface area contributed by atoms with Crippen molar-refractivity contribution >= 4 is 15.5 Å². The Bertz CT molecular complexity index is 738. The van der Waals surface area contributed by atoms with Crippen LogP contribution in [0.15, 0.2) is 53.4 Å². The van der Waals surface area contributed by atoms with E-state index in [2.05, 4.69) is 5.32 Å². The average molecular weight is 333 g/mol. The molecule has 118 valence electrons. The Morgan fingerprint density at radius 2 is 1.45 bits per heavy atom. The maximum atomic E-state index is 12.7. The summed E-state index contributed by atoms with van der Waals surface area (Å²) in [5.74, 6) is -0.370. The maximum absolute atomic E-state index is 12.7. The van der Waals surface area contributed by atoms with Crippen molar-refractivity contribution in [3.8, 4) is 0 Å². The van der Waals surface area contributed by atoms with Gasteiger partial charge in [-0.3, -0.25) is 0 Å². The lowest BCUT2D eigenvalue weighted by molar-refractivity contribution is -0.0436. The molecule has 8 heteroatoms. The molecule has 0 amide bonds. The highest BCUT2D eigenvalue weighted by atomic mass is 32.2. The van der Waals surface area contributed by atoms with Gasteiger partial charge in [-0.25, -0.2) is 12.8 Å². The van der Waals surface area contributed by atoms with E-state index in [1.165, 1.54) is 24.3 Å². The van der Waals surface area contributed by atoms with Crippen LogP contribution in [0.2, 0.25) is 0 Å². The van der Waals surface area contributed by atoms with Crippen molar-refractivity contribution in [1.82, 2.24) is 0 Å². The topological polar surface area (TPSA) is 46.2 Å². The van der Waals surface area contributed by atoms with Crippen LogP contribution < -0.4 is 5.32 Å². The molecule has 0 aromatic heterocycles. The van der Waals surface area contributed by atoms with E-state index < -0.39 is 20.2 Å². The predicted octanol–water partition coefficient (Wildman–Crippen LogP) is 3.73. The van der Waals surface area contributed by atoms with E-state index in [1.807, 2.05) is 0 Å². The van der Waals surface area contributed by atoms with Crippen LogP contribution in [0.4, 0.5) is 23.2 Å². The van der Waals surface area contributed by atoms with Gasteiger partial charge in [0.05, 0.1) is 4.90 Å². The Labute approximate surface area is 124 Å². The summed E-state index contributed by atoms with van der Waals surface area (Å²) in [6.45, 7) is 0.325. The summed E-state index contributed by atoms with van der Waals surface area (Å²) in [5.41, 5.74) is -4.10. The van der Waals surface area contributed by atoms with Gasteiger partial charge in [-0.05, 0) is 42.0 Å². The molecule has 2 aromatic carbocycles. The van der Waals surface area contributed by atoms with Gasteiger partial charge in [0.15, 0.2) is 0 Å². The molecule has 0 radical (unpaired) electrons. The molecule has 0 bridgehead atoms. The molecule has 0 heterocycles. The first-order valence-corrected chi connectivity index (χ1v) is 7.58. The van der Waals surface area contributed by atoms with Crippen molar-refractivity contribution in [3.63, 3.8) is 0 Å². The Morgan fingerprint density at radius 1 is 0.909 bits per heavy atom. The second kappa shape index (κ2) is 5.96. The number of alkyl halides is 3. The fourth-order valence-corrected chi connectivity index (χ4v) is 2.45. The number of halogens is 4. The van der Waals surface area contributed by atoms with Gasteiger partial charge in [0.25, 0.3) is 9.84 Å². The molecule has 2 rings (SSSR count). The Morgan fingerprint density at radius 3 is 1.95 bits per heavy atom. The zero-order valence-electron chi connectivity index (χ0n) is 11.1. The summed E-state index contributed by atoms with van der Waals surface area (Å²) in [7, 11) is -5.33. The molecule has 2 aromatic rings.